The number of nitrogens with zero attached hydrogens (tertiary/aromatic N) is 1. The van der Waals surface area contributed by atoms with Gasteiger partial charge in [-0.2, -0.15) is 0 Å². The highest BCUT2D eigenvalue weighted by molar-refractivity contribution is 6.33. The van der Waals surface area contributed by atoms with Crippen molar-refractivity contribution in [3.8, 4) is 0 Å². The summed E-state index contributed by atoms with van der Waals surface area (Å²) in [6, 6.07) is 5.40. The molecular formula is C13H18Cl2N2O. The molecule has 2 N–H and O–H groups in total. The van der Waals surface area contributed by atoms with Gasteiger partial charge in [-0.3, -0.25) is 4.90 Å². The lowest BCUT2D eigenvalue weighted by Crippen LogP contribution is -2.54. The zero-order valence-electron chi connectivity index (χ0n) is 10.4. The number of halogens is 2. The van der Waals surface area contributed by atoms with Gasteiger partial charge in [-0.1, -0.05) is 23.2 Å². The molecular weight excluding hydrogens is 271 g/mol. The van der Waals surface area contributed by atoms with Crippen molar-refractivity contribution in [2.45, 2.75) is 12.5 Å². The smallest absolute Gasteiger partial charge is 0.0681 e. The molecule has 1 fully saturated rings. The molecule has 1 atom stereocenters. The zero-order chi connectivity index (χ0) is 13.2. The Labute approximate surface area is 118 Å². The van der Waals surface area contributed by atoms with E-state index in [0.717, 1.165) is 31.7 Å². The Hall–Kier alpha value is -0.320. The van der Waals surface area contributed by atoms with Crippen LogP contribution in [0.2, 0.25) is 10.0 Å². The van der Waals surface area contributed by atoms with Crippen LogP contribution in [-0.2, 0) is 5.54 Å². The van der Waals surface area contributed by atoms with Crippen molar-refractivity contribution in [2.24, 2.45) is 0 Å². The fourth-order valence-electron chi connectivity index (χ4n) is 2.42. The summed E-state index contributed by atoms with van der Waals surface area (Å²) in [4.78, 5) is 2.25. The summed E-state index contributed by atoms with van der Waals surface area (Å²) in [5.41, 5.74) is 0.408. The monoisotopic (exact) mass is 288 g/mol. The Kier molecular flexibility index (Phi) is 4.51. The van der Waals surface area contributed by atoms with Crippen molar-refractivity contribution < 1.29 is 5.11 Å². The molecule has 1 unspecified atom stereocenters. The van der Waals surface area contributed by atoms with Crippen LogP contribution in [0.15, 0.2) is 18.2 Å². The first kappa shape index (κ1) is 14.1. The third-order valence-electron chi connectivity index (χ3n) is 3.63. The molecule has 3 nitrogen and oxygen atoms in total. The van der Waals surface area contributed by atoms with Gasteiger partial charge in [-0.25, -0.2) is 0 Å². The SMILES string of the molecule is CC(CO)(c1cc(Cl)ccc1Cl)N1CCNCC1. The minimum atomic E-state index is -0.482. The summed E-state index contributed by atoms with van der Waals surface area (Å²) in [6.07, 6.45) is 0. The molecule has 1 aliphatic heterocycles. The quantitative estimate of drug-likeness (QED) is 0.894. The number of hydrogen-bond donors (Lipinski definition) is 2. The van der Waals surface area contributed by atoms with Gasteiger partial charge in [0.25, 0.3) is 0 Å². The maximum atomic E-state index is 9.84. The third-order valence-corrected chi connectivity index (χ3v) is 4.20. The van der Waals surface area contributed by atoms with Crippen LogP contribution in [-0.4, -0.2) is 42.8 Å². The van der Waals surface area contributed by atoms with E-state index in [-0.39, 0.29) is 6.61 Å². The van der Waals surface area contributed by atoms with Crippen LogP contribution >= 0.6 is 23.2 Å². The number of rotatable bonds is 3. The molecule has 0 aromatic heterocycles. The maximum Gasteiger partial charge on any atom is 0.0681 e. The number of nitrogens with one attached hydrogen (secondary N) is 1. The van der Waals surface area contributed by atoms with E-state index < -0.39 is 5.54 Å². The molecule has 1 aliphatic rings. The Balaban J connectivity index is 2.38. The molecule has 0 bridgehead atoms. The first-order chi connectivity index (χ1) is 8.58. The number of benzene rings is 1. The lowest BCUT2D eigenvalue weighted by molar-refractivity contribution is 0.0312. The molecule has 100 valence electrons. The van der Waals surface area contributed by atoms with Gasteiger partial charge in [0, 0.05) is 36.2 Å². The third kappa shape index (κ3) is 2.65. The van der Waals surface area contributed by atoms with E-state index in [2.05, 4.69) is 10.2 Å². The highest BCUT2D eigenvalue weighted by Crippen LogP contribution is 2.35. The summed E-state index contributed by atoms with van der Waals surface area (Å²) in [5.74, 6) is 0. The first-order valence-electron chi connectivity index (χ1n) is 6.10. The van der Waals surface area contributed by atoms with Crippen LogP contribution in [0.3, 0.4) is 0 Å². The predicted octanol–water partition coefficient (Wildman–Crippen LogP) is 2.11. The number of piperazine rings is 1. The minimum absolute atomic E-state index is 0.0209. The van der Waals surface area contributed by atoms with Crippen molar-refractivity contribution in [1.82, 2.24) is 10.2 Å². The van der Waals surface area contributed by atoms with Crippen LogP contribution in [0.4, 0.5) is 0 Å². The molecule has 2 rings (SSSR count). The normalized spacial score (nSPS) is 20.7. The van der Waals surface area contributed by atoms with Gasteiger partial charge in [0.05, 0.1) is 12.1 Å². The average molecular weight is 289 g/mol. The fraction of sp³-hybridized carbons (Fsp3) is 0.538. The van der Waals surface area contributed by atoms with E-state index in [4.69, 9.17) is 23.2 Å². The highest BCUT2D eigenvalue weighted by Gasteiger charge is 2.35. The molecule has 18 heavy (non-hydrogen) atoms. The van der Waals surface area contributed by atoms with Crippen molar-refractivity contribution in [2.75, 3.05) is 32.8 Å². The summed E-state index contributed by atoms with van der Waals surface area (Å²) in [7, 11) is 0. The Morgan fingerprint density at radius 1 is 1.33 bits per heavy atom. The summed E-state index contributed by atoms with van der Waals surface area (Å²) in [6.45, 7) is 5.66. The Morgan fingerprint density at radius 2 is 2.00 bits per heavy atom. The van der Waals surface area contributed by atoms with Crippen molar-refractivity contribution in [1.29, 1.82) is 0 Å². The standard InChI is InChI=1S/C13H18Cl2N2O/c1-13(9-18,17-6-4-16-5-7-17)11-8-10(14)2-3-12(11)15/h2-3,8,16,18H,4-7,9H2,1H3. The highest BCUT2D eigenvalue weighted by atomic mass is 35.5. The molecule has 1 aromatic rings. The van der Waals surface area contributed by atoms with Gasteiger partial charge in [0.1, 0.15) is 0 Å². The summed E-state index contributed by atoms with van der Waals surface area (Å²) >= 11 is 12.3. The molecule has 0 saturated carbocycles. The van der Waals surface area contributed by atoms with Gasteiger partial charge in [0.2, 0.25) is 0 Å². The molecule has 1 aromatic carbocycles. The second-order valence-corrected chi connectivity index (χ2v) is 5.64. The van der Waals surface area contributed by atoms with Crippen LogP contribution in [0.1, 0.15) is 12.5 Å². The summed E-state index contributed by atoms with van der Waals surface area (Å²) in [5, 5.41) is 14.4. The van der Waals surface area contributed by atoms with Gasteiger partial charge in [-0.15, -0.1) is 0 Å². The van der Waals surface area contributed by atoms with E-state index in [0.29, 0.717) is 10.0 Å². The van der Waals surface area contributed by atoms with Crippen molar-refractivity contribution >= 4 is 23.2 Å². The Bertz CT molecular complexity index is 421. The van der Waals surface area contributed by atoms with Gasteiger partial charge >= 0.3 is 0 Å². The largest absolute Gasteiger partial charge is 0.394 e. The maximum absolute atomic E-state index is 9.84. The van der Waals surface area contributed by atoms with Crippen LogP contribution in [0, 0.1) is 0 Å². The van der Waals surface area contributed by atoms with Crippen molar-refractivity contribution in [3.63, 3.8) is 0 Å². The van der Waals surface area contributed by atoms with Crippen LogP contribution in [0.5, 0.6) is 0 Å². The molecule has 1 heterocycles. The average Bonchev–Trinajstić information content (AvgIpc) is 2.41. The lowest BCUT2D eigenvalue weighted by atomic mass is 9.90. The number of aliphatic hydroxyl groups is 1. The predicted molar refractivity (Wildman–Crippen MR) is 75.3 cm³/mol. The lowest BCUT2D eigenvalue weighted by Gasteiger charge is -2.43. The van der Waals surface area contributed by atoms with Crippen LogP contribution in [0.25, 0.3) is 0 Å². The second-order valence-electron chi connectivity index (χ2n) is 4.79. The van der Waals surface area contributed by atoms with E-state index in [9.17, 15) is 5.11 Å². The van der Waals surface area contributed by atoms with Gasteiger partial charge < -0.3 is 10.4 Å². The van der Waals surface area contributed by atoms with E-state index >= 15 is 0 Å². The van der Waals surface area contributed by atoms with Gasteiger partial charge in [0.15, 0.2) is 0 Å². The molecule has 0 spiro atoms. The molecule has 0 amide bonds. The summed E-state index contributed by atoms with van der Waals surface area (Å²) < 4.78 is 0. The van der Waals surface area contributed by atoms with E-state index in [1.54, 1.807) is 12.1 Å². The molecule has 0 aliphatic carbocycles. The van der Waals surface area contributed by atoms with Crippen molar-refractivity contribution in [3.05, 3.63) is 33.8 Å². The minimum Gasteiger partial charge on any atom is -0.394 e. The van der Waals surface area contributed by atoms with E-state index in [1.807, 2.05) is 13.0 Å². The molecule has 5 heteroatoms. The van der Waals surface area contributed by atoms with Crippen LogP contribution < -0.4 is 5.32 Å². The molecule has 0 radical (unpaired) electrons. The van der Waals surface area contributed by atoms with E-state index in [1.165, 1.54) is 0 Å². The Morgan fingerprint density at radius 3 is 2.61 bits per heavy atom. The first-order valence-corrected chi connectivity index (χ1v) is 6.85. The fourth-order valence-corrected chi connectivity index (χ4v) is 2.92. The second kappa shape index (κ2) is 5.76. The number of hydrogen-bond acceptors (Lipinski definition) is 3. The number of aliphatic hydroxyl groups excluding tert-OH is 1. The topological polar surface area (TPSA) is 35.5 Å². The zero-order valence-corrected chi connectivity index (χ0v) is 11.9. The van der Waals surface area contributed by atoms with Gasteiger partial charge in [-0.05, 0) is 30.7 Å². The molecule has 1 saturated heterocycles.